The monoisotopic (exact) mass is 181 g/mol. The summed E-state index contributed by atoms with van der Waals surface area (Å²) < 4.78 is 0. The van der Waals surface area contributed by atoms with Crippen molar-refractivity contribution in [3.05, 3.63) is 0 Å². The zero-order valence-corrected chi connectivity index (χ0v) is 8.42. The zero-order valence-electron chi connectivity index (χ0n) is 8.42. The first-order valence-electron chi connectivity index (χ1n) is 5.31. The summed E-state index contributed by atoms with van der Waals surface area (Å²) in [6.45, 7) is 6.62. The van der Waals surface area contributed by atoms with Crippen LogP contribution in [0.2, 0.25) is 0 Å². The Bertz CT molecular complexity index is 202. The van der Waals surface area contributed by atoms with Gasteiger partial charge in [0.1, 0.15) is 0 Å². The van der Waals surface area contributed by atoms with Gasteiger partial charge in [-0.3, -0.25) is 10.3 Å². The number of hydrogen-bond acceptors (Lipinski definition) is 2. The molecule has 0 amide bonds. The molecule has 74 valence electrons. The van der Waals surface area contributed by atoms with E-state index >= 15 is 0 Å². The molecule has 1 atom stereocenters. The van der Waals surface area contributed by atoms with E-state index in [-0.39, 0.29) is 0 Å². The van der Waals surface area contributed by atoms with Gasteiger partial charge in [0, 0.05) is 25.7 Å². The van der Waals surface area contributed by atoms with Crippen LogP contribution in [0, 0.1) is 5.41 Å². The van der Waals surface area contributed by atoms with Crippen LogP contribution in [0.3, 0.4) is 0 Å². The first-order valence-corrected chi connectivity index (χ1v) is 5.31. The van der Waals surface area contributed by atoms with Crippen LogP contribution >= 0.6 is 0 Å². The third kappa shape index (κ3) is 1.85. The molecule has 3 heteroatoms. The Balaban J connectivity index is 2.00. The van der Waals surface area contributed by atoms with Gasteiger partial charge in [-0.05, 0) is 32.7 Å². The number of nitrogens with zero attached hydrogens (tertiary/aromatic N) is 2. The Morgan fingerprint density at radius 1 is 1.23 bits per heavy atom. The van der Waals surface area contributed by atoms with Gasteiger partial charge < -0.3 is 4.90 Å². The summed E-state index contributed by atoms with van der Waals surface area (Å²) in [5.41, 5.74) is 0. The van der Waals surface area contributed by atoms with E-state index in [0.717, 1.165) is 25.0 Å². The minimum atomic E-state index is 0.739. The first-order chi connectivity index (χ1) is 6.27. The number of rotatable bonds is 0. The van der Waals surface area contributed by atoms with Crippen LogP contribution in [0.4, 0.5) is 0 Å². The maximum absolute atomic E-state index is 7.64. The van der Waals surface area contributed by atoms with Gasteiger partial charge in [0.25, 0.3) is 0 Å². The van der Waals surface area contributed by atoms with Crippen molar-refractivity contribution in [2.45, 2.75) is 32.2 Å². The van der Waals surface area contributed by atoms with Crippen LogP contribution in [0.15, 0.2) is 0 Å². The van der Waals surface area contributed by atoms with Gasteiger partial charge in [-0.2, -0.15) is 0 Å². The molecule has 2 aliphatic rings. The summed E-state index contributed by atoms with van der Waals surface area (Å²) in [5.74, 6) is 0.744. The second kappa shape index (κ2) is 3.66. The van der Waals surface area contributed by atoms with Gasteiger partial charge in [-0.1, -0.05) is 0 Å². The summed E-state index contributed by atoms with van der Waals surface area (Å²) in [5, 5.41) is 7.64. The molecule has 2 saturated heterocycles. The standard InChI is InChI=1S/C10H19N3/c1-9(11)13-7-3-6-12-5-2-4-10(12)8-13/h10-11H,2-8H2,1H3. The van der Waals surface area contributed by atoms with Gasteiger partial charge in [0.2, 0.25) is 0 Å². The Labute approximate surface area is 80.2 Å². The van der Waals surface area contributed by atoms with Crippen molar-refractivity contribution in [2.24, 2.45) is 0 Å². The lowest BCUT2D eigenvalue weighted by molar-refractivity contribution is 0.255. The molecule has 2 heterocycles. The molecule has 0 aromatic rings. The van der Waals surface area contributed by atoms with Gasteiger partial charge >= 0.3 is 0 Å². The molecule has 13 heavy (non-hydrogen) atoms. The van der Waals surface area contributed by atoms with Crippen LogP contribution in [0.25, 0.3) is 0 Å². The van der Waals surface area contributed by atoms with Crippen LogP contribution in [0.1, 0.15) is 26.2 Å². The minimum absolute atomic E-state index is 0.739. The Morgan fingerprint density at radius 3 is 2.77 bits per heavy atom. The summed E-state index contributed by atoms with van der Waals surface area (Å²) in [7, 11) is 0. The highest BCUT2D eigenvalue weighted by atomic mass is 15.3. The van der Waals surface area contributed by atoms with Crippen molar-refractivity contribution in [3.63, 3.8) is 0 Å². The second-order valence-corrected chi connectivity index (χ2v) is 4.22. The number of fused-ring (bicyclic) bond motifs is 1. The van der Waals surface area contributed by atoms with E-state index in [9.17, 15) is 0 Å². The second-order valence-electron chi connectivity index (χ2n) is 4.22. The first kappa shape index (κ1) is 9.00. The molecule has 1 unspecified atom stereocenters. The van der Waals surface area contributed by atoms with E-state index < -0.39 is 0 Å². The molecule has 0 spiro atoms. The molecule has 1 N–H and O–H groups in total. The minimum Gasteiger partial charge on any atom is -0.359 e. The van der Waals surface area contributed by atoms with Crippen molar-refractivity contribution in [1.82, 2.24) is 9.80 Å². The molecule has 2 fully saturated rings. The SMILES string of the molecule is CC(=N)N1CCCN2CCCC2C1. The summed E-state index contributed by atoms with van der Waals surface area (Å²) in [6.07, 6.45) is 3.92. The Morgan fingerprint density at radius 2 is 2.00 bits per heavy atom. The summed E-state index contributed by atoms with van der Waals surface area (Å²) in [4.78, 5) is 4.83. The fraction of sp³-hybridized carbons (Fsp3) is 0.900. The molecule has 2 rings (SSSR count). The molecular formula is C10H19N3. The third-order valence-corrected chi connectivity index (χ3v) is 3.28. The predicted molar refractivity (Wildman–Crippen MR) is 54.2 cm³/mol. The highest BCUT2D eigenvalue weighted by Gasteiger charge is 2.28. The molecule has 2 aliphatic heterocycles. The Hall–Kier alpha value is -0.570. The average Bonchev–Trinajstić information content (AvgIpc) is 2.42. The van der Waals surface area contributed by atoms with Crippen LogP contribution in [-0.4, -0.2) is 47.9 Å². The molecule has 0 radical (unpaired) electrons. The lowest BCUT2D eigenvalue weighted by Crippen LogP contribution is -2.38. The van der Waals surface area contributed by atoms with Gasteiger partial charge in [-0.25, -0.2) is 0 Å². The number of nitrogens with one attached hydrogen (secondary N) is 1. The van der Waals surface area contributed by atoms with E-state index in [1.807, 2.05) is 6.92 Å². The smallest absolute Gasteiger partial charge is 0.0926 e. The average molecular weight is 181 g/mol. The molecule has 0 saturated carbocycles. The lowest BCUT2D eigenvalue weighted by atomic mass is 10.2. The summed E-state index contributed by atoms with van der Waals surface area (Å²) in [6, 6.07) is 0.739. The Kier molecular flexibility index (Phi) is 2.54. The lowest BCUT2D eigenvalue weighted by Gasteiger charge is -2.26. The topological polar surface area (TPSA) is 30.3 Å². The number of hydrogen-bond donors (Lipinski definition) is 1. The maximum Gasteiger partial charge on any atom is 0.0926 e. The fourth-order valence-corrected chi connectivity index (χ4v) is 2.51. The van der Waals surface area contributed by atoms with Crippen molar-refractivity contribution in [2.75, 3.05) is 26.2 Å². The number of amidine groups is 1. The molecule has 0 aromatic carbocycles. The van der Waals surface area contributed by atoms with E-state index in [4.69, 9.17) is 5.41 Å². The molecular weight excluding hydrogens is 162 g/mol. The van der Waals surface area contributed by atoms with E-state index in [0.29, 0.717) is 0 Å². The van der Waals surface area contributed by atoms with Crippen LogP contribution < -0.4 is 0 Å². The summed E-state index contributed by atoms with van der Waals surface area (Å²) >= 11 is 0. The highest BCUT2D eigenvalue weighted by Crippen LogP contribution is 2.21. The highest BCUT2D eigenvalue weighted by molar-refractivity contribution is 5.76. The van der Waals surface area contributed by atoms with E-state index in [1.165, 1.54) is 32.4 Å². The quantitative estimate of drug-likeness (QED) is 0.449. The predicted octanol–water partition coefficient (Wildman–Crippen LogP) is 1.15. The molecule has 3 nitrogen and oxygen atoms in total. The van der Waals surface area contributed by atoms with Gasteiger partial charge in [0.15, 0.2) is 0 Å². The van der Waals surface area contributed by atoms with Crippen LogP contribution in [0.5, 0.6) is 0 Å². The largest absolute Gasteiger partial charge is 0.359 e. The van der Waals surface area contributed by atoms with Crippen molar-refractivity contribution in [1.29, 1.82) is 5.41 Å². The molecule has 0 bridgehead atoms. The zero-order chi connectivity index (χ0) is 9.26. The van der Waals surface area contributed by atoms with Crippen LogP contribution in [-0.2, 0) is 0 Å². The molecule has 0 aromatic heterocycles. The van der Waals surface area contributed by atoms with Crippen molar-refractivity contribution >= 4 is 5.84 Å². The van der Waals surface area contributed by atoms with E-state index in [1.54, 1.807) is 0 Å². The van der Waals surface area contributed by atoms with Crippen molar-refractivity contribution in [3.8, 4) is 0 Å². The third-order valence-electron chi connectivity index (χ3n) is 3.28. The fourth-order valence-electron chi connectivity index (χ4n) is 2.51. The normalized spacial score (nSPS) is 29.9. The van der Waals surface area contributed by atoms with E-state index in [2.05, 4.69) is 9.80 Å². The molecule has 0 aliphatic carbocycles. The van der Waals surface area contributed by atoms with Crippen molar-refractivity contribution < 1.29 is 0 Å². The van der Waals surface area contributed by atoms with Gasteiger partial charge in [0.05, 0.1) is 5.84 Å². The van der Waals surface area contributed by atoms with Gasteiger partial charge in [-0.15, -0.1) is 0 Å². The maximum atomic E-state index is 7.64.